The van der Waals surface area contributed by atoms with E-state index in [0.717, 1.165) is 10.7 Å². The van der Waals surface area contributed by atoms with E-state index in [1.807, 2.05) is 0 Å². The van der Waals surface area contributed by atoms with Crippen LogP contribution in [0.15, 0.2) is 28.7 Å². The van der Waals surface area contributed by atoms with Crippen LogP contribution in [0.1, 0.15) is 0 Å². The minimum absolute atomic E-state index is 0.00810. The maximum Gasteiger partial charge on any atom is 0.253 e. The molecule has 0 unspecified atom stereocenters. The molecule has 0 radical (unpaired) electrons. The Kier molecular flexibility index (Phi) is 3.77. The Morgan fingerprint density at radius 3 is 2.50 bits per heavy atom. The zero-order valence-corrected chi connectivity index (χ0v) is 12.7. The third-order valence-corrected chi connectivity index (χ3v) is 3.68. The summed E-state index contributed by atoms with van der Waals surface area (Å²) in [5.74, 6) is -0.240. The number of aromatic nitrogens is 3. The first-order valence-corrected chi connectivity index (χ1v) is 7.96. The van der Waals surface area contributed by atoms with Crippen molar-refractivity contribution in [1.82, 2.24) is 14.2 Å². The highest BCUT2D eigenvalue weighted by atomic mass is 79.9. The molecule has 20 heavy (non-hydrogen) atoms. The number of nitrogen functional groups attached to an aromatic ring is 1. The summed E-state index contributed by atoms with van der Waals surface area (Å²) in [5.41, 5.74) is 5.70. The van der Waals surface area contributed by atoms with Crippen molar-refractivity contribution in [3.05, 3.63) is 34.2 Å². The van der Waals surface area contributed by atoms with Crippen molar-refractivity contribution in [2.75, 3.05) is 17.3 Å². The smallest absolute Gasteiger partial charge is 0.253 e. The summed E-state index contributed by atoms with van der Waals surface area (Å²) in [5, 5.41) is 14.1. The summed E-state index contributed by atoms with van der Waals surface area (Å²) in [4.78, 5) is 3.84. The number of anilines is 3. The Morgan fingerprint density at radius 1 is 1.35 bits per heavy atom. The molecule has 1 aromatic carbocycles. The Morgan fingerprint density at radius 2 is 1.95 bits per heavy atom. The molecule has 1 heterocycles. The molecule has 0 aliphatic heterocycles. The van der Waals surface area contributed by atoms with E-state index in [-0.39, 0.29) is 11.8 Å². The fourth-order valence-corrected chi connectivity index (χ4v) is 2.29. The zero-order valence-electron chi connectivity index (χ0n) is 10.3. The Labute approximate surface area is 123 Å². The fraction of sp³-hybridized carbons (Fsp3) is 0.100. The van der Waals surface area contributed by atoms with Gasteiger partial charge >= 0.3 is 0 Å². The van der Waals surface area contributed by atoms with Gasteiger partial charge < -0.3 is 11.1 Å². The van der Waals surface area contributed by atoms with E-state index < -0.39 is 15.5 Å². The molecule has 0 saturated heterocycles. The largest absolute Gasteiger partial charge is 0.380 e. The summed E-state index contributed by atoms with van der Waals surface area (Å²) in [7, 11) is -3.73. The van der Waals surface area contributed by atoms with Crippen LogP contribution in [-0.4, -0.2) is 28.8 Å². The third-order valence-electron chi connectivity index (χ3n) is 2.26. The number of rotatable bonds is 3. The molecule has 0 fully saturated rings. The van der Waals surface area contributed by atoms with E-state index in [0.29, 0.717) is 9.77 Å². The first-order valence-electron chi connectivity index (χ1n) is 5.32. The summed E-state index contributed by atoms with van der Waals surface area (Å²) in [6, 6.07) is 7.11. The van der Waals surface area contributed by atoms with Crippen LogP contribution < -0.4 is 16.5 Å². The van der Waals surface area contributed by atoms with Crippen molar-refractivity contribution in [1.29, 1.82) is 5.41 Å². The molecule has 0 atom stereocenters. The standard InChI is InChI=1S/C10H11BrN6O2S/c1-20(18,19)17-9(13)8(12)15-10(16-17)14-7-4-2-6(11)3-5-7/h2-5,13H,1H3,(H3,12,14,15,16). The minimum Gasteiger partial charge on any atom is -0.380 e. The molecule has 2 rings (SSSR count). The molecule has 0 bridgehead atoms. The maximum atomic E-state index is 11.5. The topological polar surface area (TPSA) is 127 Å². The second-order valence-electron chi connectivity index (χ2n) is 3.91. The quantitative estimate of drug-likeness (QED) is 0.739. The van der Waals surface area contributed by atoms with E-state index in [1.165, 1.54) is 0 Å². The van der Waals surface area contributed by atoms with E-state index >= 15 is 0 Å². The number of hydrogen-bond donors (Lipinski definition) is 3. The van der Waals surface area contributed by atoms with Crippen molar-refractivity contribution >= 4 is 43.4 Å². The molecule has 0 aliphatic carbocycles. The lowest BCUT2D eigenvalue weighted by molar-refractivity contribution is 0.579. The summed E-state index contributed by atoms with van der Waals surface area (Å²) >= 11 is 3.30. The molecule has 4 N–H and O–H groups in total. The van der Waals surface area contributed by atoms with Crippen LogP contribution in [0.3, 0.4) is 0 Å². The van der Waals surface area contributed by atoms with Gasteiger partial charge in [-0.1, -0.05) is 15.9 Å². The Balaban J connectivity index is 2.46. The van der Waals surface area contributed by atoms with Crippen molar-refractivity contribution in [3.8, 4) is 0 Å². The molecular weight excluding hydrogens is 348 g/mol. The van der Waals surface area contributed by atoms with Gasteiger partial charge in [-0.3, -0.25) is 5.41 Å². The second-order valence-corrected chi connectivity index (χ2v) is 6.63. The number of hydrogen-bond acceptors (Lipinski definition) is 7. The van der Waals surface area contributed by atoms with Crippen molar-refractivity contribution < 1.29 is 8.42 Å². The van der Waals surface area contributed by atoms with Crippen molar-refractivity contribution in [2.45, 2.75) is 0 Å². The number of benzene rings is 1. The lowest BCUT2D eigenvalue weighted by atomic mass is 10.3. The van der Waals surface area contributed by atoms with Crippen LogP contribution in [0.5, 0.6) is 0 Å². The van der Waals surface area contributed by atoms with Crippen molar-refractivity contribution in [3.63, 3.8) is 0 Å². The van der Waals surface area contributed by atoms with Gasteiger partial charge in [-0.15, -0.1) is 9.19 Å². The van der Waals surface area contributed by atoms with E-state index in [2.05, 4.69) is 31.3 Å². The number of halogens is 1. The molecule has 1 aromatic heterocycles. The highest BCUT2D eigenvalue weighted by molar-refractivity contribution is 9.10. The van der Waals surface area contributed by atoms with Crippen LogP contribution in [0.4, 0.5) is 17.5 Å². The molecule has 0 aliphatic rings. The van der Waals surface area contributed by atoms with E-state index in [9.17, 15) is 8.42 Å². The molecule has 8 nitrogen and oxygen atoms in total. The highest BCUT2D eigenvalue weighted by Gasteiger charge is 2.13. The number of nitrogens with zero attached hydrogens (tertiary/aromatic N) is 3. The lowest BCUT2D eigenvalue weighted by Crippen LogP contribution is -2.32. The van der Waals surface area contributed by atoms with Gasteiger partial charge in [-0.2, -0.15) is 4.98 Å². The van der Waals surface area contributed by atoms with Crippen LogP contribution in [-0.2, 0) is 10.0 Å². The number of nitrogens with one attached hydrogen (secondary N) is 2. The average Bonchev–Trinajstić information content (AvgIpc) is 2.35. The third kappa shape index (κ3) is 3.14. The Bertz CT molecular complexity index is 799. The van der Waals surface area contributed by atoms with Crippen LogP contribution in [0.25, 0.3) is 0 Å². The van der Waals surface area contributed by atoms with Crippen molar-refractivity contribution in [2.24, 2.45) is 0 Å². The van der Waals surface area contributed by atoms with Crippen LogP contribution in [0.2, 0.25) is 0 Å². The minimum atomic E-state index is -3.73. The van der Waals surface area contributed by atoms with Gasteiger partial charge in [0, 0.05) is 10.2 Å². The zero-order chi connectivity index (χ0) is 14.9. The molecule has 106 valence electrons. The fourth-order valence-electron chi connectivity index (χ4n) is 1.38. The highest BCUT2D eigenvalue weighted by Crippen LogP contribution is 2.16. The lowest BCUT2D eigenvalue weighted by Gasteiger charge is -2.09. The van der Waals surface area contributed by atoms with Gasteiger partial charge in [0.15, 0.2) is 5.82 Å². The monoisotopic (exact) mass is 358 g/mol. The molecule has 0 amide bonds. The second kappa shape index (κ2) is 5.21. The molecule has 0 spiro atoms. The first kappa shape index (κ1) is 14.5. The molecule has 2 aromatic rings. The summed E-state index contributed by atoms with van der Waals surface area (Å²) < 4.78 is 24.5. The van der Waals surface area contributed by atoms with E-state index in [1.54, 1.807) is 24.3 Å². The van der Waals surface area contributed by atoms with Gasteiger partial charge in [0.05, 0.1) is 6.26 Å². The van der Waals surface area contributed by atoms with Gasteiger partial charge in [-0.05, 0) is 24.3 Å². The molecule has 10 heteroatoms. The van der Waals surface area contributed by atoms with Gasteiger partial charge in [0.25, 0.3) is 10.0 Å². The van der Waals surface area contributed by atoms with Crippen LogP contribution in [0, 0.1) is 5.41 Å². The first-order chi connectivity index (χ1) is 9.27. The van der Waals surface area contributed by atoms with Gasteiger partial charge in [-0.25, -0.2) is 8.42 Å². The molecule has 0 saturated carbocycles. The van der Waals surface area contributed by atoms with Crippen LogP contribution >= 0.6 is 15.9 Å². The SMILES string of the molecule is CS(=O)(=O)n1nc(Nc2ccc(Br)cc2)nc(N)c1=N. The summed E-state index contributed by atoms with van der Waals surface area (Å²) in [6.07, 6.45) is 0.931. The van der Waals surface area contributed by atoms with Gasteiger partial charge in [0.2, 0.25) is 11.4 Å². The number of nitrogens with two attached hydrogens (primary N) is 1. The average molecular weight is 359 g/mol. The maximum absolute atomic E-state index is 11.5. The van der Waals surface area contributed by atoms with E-state index in [4.69, 9.17) is 11.1 Å². The predicted molar refractivity (Wildman–Crippen MR) is 78.0 cm³/mol. The molecular formula is C10H11BrN6O2S. The van der Waals surface area contributed by atoms with Gasteiger partial charge in [0.1, 0.15) is 0 Å². The Hall–Kier alpha value is -1.94. The summed E-state index contributed by atoms with van der Waals surface area (Å²) in [6.45, 7) is 0. The normalized spacial score (nSPS) is 11.3. The predicted octanol–water partition coefficient (Wildman–Crippen LogP) is 0.654.